The monoisotopic (exact) mass is 370 g/mol. The molecular weight excluding hydrogens is 348 g/mol. The van der Waals surface area contributed by atoms with Gasteiger partial charge in [0, 0.05) is 43.2 Å². The molecule has 1 aromatic carbocycles. The summed E-state index contributed by atoms with van der Waals surface area (Å²) in [6.07, 6.45) is 0. The van der Waals surface area contributed by atoms with Crippen LogP contribution >= 0.6 is 11.3 Å². The van der Waals surface area contributed by atoms with Gasteiger partial charge in [-0.2, -0.15) is 4.98 Å². The molecule has 4 rings (SSSR count). The zero-order chi connectivity index (χ0) is 17.8. The standard InChI is InChI=1S/C19H22N4O2S/c1-24-16-5-2-4-15(12-16)19-20-18(25-21-19)14-23-9-7-22(8-10-23)13-17-6-3-11-26-17/h2-6,11-12H,7-10,13-14H2,1H3. The molecule has 136 valence electrons. The van der Waals surface area contributed by atoms with Gasteiger partial charge in [-0.05, 0) is 23.6 Å². The summed E-state index contributed by atoms with van der Waals surface area (Å²) in [6.45, 7) is 5.91. The number of thiophene rings is 1. The first-order valence-electron chi connectivity index (χ1n) is 8.74. The molecule has 0 atom stereocenters. The topological polar surface area (TPSA) is 54.6 Å². The quantitative estimate of drug-likeness (QED) is 0.664. The maximum atomic E-state index is 5.45. The van der Waals surface area contributed by atoms with Crippen molar-refractivity contribution in [2.45, 2.75) is 13.1 Å². The highest BCUT2D eigenvalue weighted by atomic mass is 32.1. The lowest BCUT2D eigenvalue weighted by Crippen LogP contribution is -2.45. The number of hydrogen-bond donors (Lipinski definition) is 0. The second-order valence-corrected chi connectivity index (χ2v) is 7.41. The summed E-state index contributed by atoms with van der Waals surface area (Å²) < 4.78 is 10.7. The van der Waals surface area contributed by atoms with Gasteiger partial charge in [-0.25, -0.2) is 0 Å². The van der Waals surface area contributed by atoms with Crippen LogP contribution in [0.15, 0.2) is 46.3 Å². The first kappa shape index (κ1) is 17.2. The lowest BCUT2D eigenvalue weighted by atomic mass is 10.2. The van der Waals surface area contributed by atoms with Crippen molar-refractivity contribution >= 4 is 11.3 Å². The van der Waals surface area contributed by atoms with Crippen molar-refractivity contribution in [3.05, 3.63) is 52.5 Å². The molecule has 3 heterocycles. The molecule has 0 saturated carbocycles. The molecule has 1 fully saturated rings. The smallest absolute Gasteiger partial charge is 0.241 e. The minimum absolute atomic E-state index is 0.607. The van der Waals surface area contributed by atoms with E-state index in [1.807, 2.05) is 35.6 Å². The molecule has 1 aliphatic rings. The summed E-state index contributed by atoms with van der Waals surface area (Å²) in [4.78, 5) is 10.8. The van der Waals surface area contributed by atoms with Crippen LogP contribution in [-0.4, -0.2) is 53.2 Å². The third-order valence-corrected chi connectivity index (χ3v) is 5.44. The lowest BCUT2D eigenvalue weighted by Gasteiger charge is -2.33. The number of piperazine rings is 1. The minimum atomic E-state index is 0.607. The predicted molar refractivity (Wildman–Crippen MR) is 101 cm³/mol. The van der Waals surface area contributed by atoms with Gasteiger partial charge in [0.05, 0.1) is 13.7 Å². The molecule has 3 aromatic rings. The SMILES string of the molecule is COc1cccc(-c2noc(CN3CCN(Cc4cccs4)CC3)n2)c1. The number of methoxy groups -OCH3 is 1. The van der Waals surface area contributed by atoms with Crippen molar-refractivity contribution in [2.75, 3.05) is 33.3 Å². The predicted octanol–water partition coefficient (Wildman–Crippen LogP) is 3.12. The van der Waals surface area contributed by atoms with E-state index in [-0.39, 0.29) is 0 Å². The van der Waals surface area contributed by atoms with E-state index in [1.165, 1.54) is 4.88 Å². The van der Waals surface area contributed by atoms with E-state index in [1.54, 1.807) is 7.11 Å². The van der Waals surface area contributed by atoms with Crippen molar-refractivity contribution in [1.29, 1.82) is 0 Å². The molecule has 0 unspecified atom stereocenters. The van der Waals surface area contributed by atoms with E-state index in [4.69, 9.17) is 9.26 Å². The van der Waals surface area contributed by atoms with Gasteiger partial charge in [0.1, 0.15) is 5.75 Å². The van der Waals surface area contributed by atoms with Crippen LogP contribution in [0.2, 0.25) is 0 Å². The number of benzene rings is 1. The lowest BCUT2D eigenvalue weighted by molar-refractivity contribution is 0.113. The molecule has 0 spiro atoms. The summed E-state index contributed by atoms with van der Waals surface area (Å²) in [6, 6.07) is 12.0. The van der Waals surface area contributed by atoms with E-state index >= 15 is 0 Å². The fraction of sp³-hybridized carbons (Fsp3) is 0.368. The summed E-state index contributed by atoms with van der Waals surface area (Å²) >= 11 is 1.83. The number of rotatable bonds is 6. The van der Waals surface area contributed by atoms with Crippen LogP contribution in [0.25, 0.3) is 11.4 Å². The van der Waals surface area contributed by atoms with Gasteiger partial charge in [0.2, 0.25) is 11.7 Å². The normalized spacial score (nSPS) is 16.0. The van der Waals surface area contributed by atoms with Crippen molar-refractivity contribution in [2.24, 2.45) is 0 Å². The Hall–Kier alpha value is -2.22. The second-order valence-electron chi connectivity index (χ2n) is 6.38. The first-order valence-corrected chi connectivity index (χ1v) is 9.62. The third kappa shape index (κ3) is 4.12. The minimum Gasteiger partial charge on any atom is -0.497 e. The Labute approximate surface area is 157 Å². The summed E-state index contributed by atoms with van der Waals surface area (Å²) in [7, 11) is 1.65. The highest BCUT2D eigenvalue weighted by molar-refractivity contribution is 7.09. The van der Waals surface area contributed by atoms with Crippen LogP contribution in [-0.2, 0) is 13.1 Å². The van der Waals surface area contributed by atoms with Crippen LogP contribution in [0.1, 0.15) is 10.8 Å². The van der Waals surface area contributed by atoms with Crippen LogP contribution in [0.4, 0.5) is 0 Å². The maximum absolute atomic E-state index is 5.45. The molecule has 0 N–H and O–H groups in total. The van der Waals surface area contributed by atoms with Crippen LogP contribution in [0, 0.1) is 0 Å². The molecular formula is C19H22N4O2S. The zero-order valence-corrected chi connectivity index (χ0v) is 15.6. The molecule has 0 radical (unpaired) electrons. The average Bonchev–Trinajstić information content (AvgIpc) is 3.35. The molecule has 26 heavy (non-hydrogen) atoms. The maximum Gasteiger partial charge on any atom is 0.241 e. The average molecular weight is 370 g/mol. The van der Waals surface area contributed by atoms with Crippen LogP contribution in [0.5, 0.6) is 5.75 Å². The van der Waals surface area contributed by atoms with Crippen LogP contribution in [0.3, 0.4) is 0 Å². The Balaban J connectivity index is 1.32. The molecule has 6 nitrogen and oxygen atoms in total. The molecule has 0 bridgehead atoms. The van der Waals surface area contributed by atoms with Gasteiger partial charge in [-0.15, -0.1) is 11.3 Å². The zero-order valence-electron chi connectivity index (χ0n) is 14.8. The fourth-order valence-corrected chi connectivity index (χ4v) is 3.86. The molecule has 1 saturated heterocycles. The Morgan fingerprint density at radius 2 is 1.88 bits per heavy atom. The third-order valence-electron chi connectivity index (χ3n) is 4.58. The van der Waals surface area contributed by atoms with Gasteiger partial charge < -0.3 is 9.26 Å². The summed E-state index contributed by atoms with van der Waals surface area (Å²) in [5, 5.41) is 6.25. The fourth-order valence-electron chi connectivity index (χ4n) is 3.12. The highest BCUT2D eigenvalue weighted by Gasteiger charge is 2.20. The van der Waals surface area contributed by atoms with Gasteiger partial charge in [0.15, 0.2) is 0 Å². The van der Waals surface area contributed by atoms with E-state index in [2.05, 4.69) is 37.5 Å². The van der Waals surface area contributed by atoms with E-state index in [9.17, 15) is 0 Å². The molecule has 7 heteroatoms. The number of aromatic nitrogens is 2. The molecule has 1 aliphatic heterocycles. The highest BCUT2D eigenvalue weighted by Crippen LogP contribution is 2.22. The van der Waals surface area contributed by atoms with Crippen molar-refractivity contribution < 1.29 is 9.26 Å². The molecule has 0 amide bonds. The summed E-state index contributed by atoms with van der Waals surface area (Å²) in [5.41, 5.74) is 0.903. The number of ether oxygens (including phenoxy) is 1. The Morgan fingerprint density at radius 3 is 2.62 bits per heavy atom. The van der Waals surface area contributed by atoms with E-state index in [0.29, 0.717) is 18.3 Å². The Bertz CT molecular complexity index is 826. The van der Waals surface area contributed by atoms with Crippen molar-refractivity contribution in [3.8, 4) is 17.1 Å². The summed E-state index contributed by atoms with van der Waals surface area (Å²) in [5.74, 6) is 2.06. The largest absolute Gasteiger partial charge is 0.497 e. The van der Waals surface area contributed by atoms with E-state index < -0.39 is 0 Å². The van der Waals surface area contributed by atoms with Crippen molar-refractivity contribution in [1.82, 2.24) is 19.9 Å². The van der Waals surface area contributed by atoms with Gasteiger partial charge in [0.25, 0.3) is 0 Å². The molecule has 0 aliphatic carbocycles. The number of hydrogen-bond acceptors (Lipinski definition) is 7. The van der Waals surface area contributed by atoms with Crippen LogP contribution < -0.4 is 4.74 Å². The van der Waals surface area contributed by atoms with E-state index in [0.717, 1.165) is 44.0 Å². The van der Waals surface area contributed by atoms with Gasteiger partial charge in [-0.1, -0.05) is 23.4 Å². The number of nitrogens with zero attached hydrogens (tertiary/aromatic N) is 4. The Morgan fingerprint density at radius 1 is 1.08 bits per heavy atom. The van der Waals surface area contributed by atoms with Gasteiger partial charge in [-0.3, -0.25) is 9.80 Å². The Kier molecular flexibility index (Phi) is 5.29. The molecule has 2 aromatic heterocycles. The second kappa shape index (κ2) is 7.99. The van der Waals surface area contributed by atoms with Gasteiger partial charge >= 0.3 is 0 Å². The van der Waals surface area contributed by atoms with Crippen molar-refractivity contribution in [3.63, 3.8) is 0 Å². The first-order chi connectivity index (χ1) is 12.8.